The molecule has 0 bridgehead atoms. The molecule has 3 atom stereocenters. The molecule has 3 unspecified atom stereocenters. The van der Waals surface area contributed by atoms with Crippen LogP contribution in [0.2, 0.25) is 0 Å². The van der Waals surface area contributed by atoms with E-state index in [2.05, 4.69) is 65.6 Å². The van der Waals surface area contributed by atoms with Crippen LogP contribution in [0.4, 0.5) is 0 Å². The van der Waals surface area contributed by atoms with Gasteiger partial charge in [-0.25, -0.2) is 0 Å². The molecule has 3 nitrogen and oxygen atoms in total. The minimum Gasteiger partial charge on any atom is -0.325 e. The van der Waals surface area contributed by atoms with Gasteiger partial charge < -0.3 is 4.90 Å². The zero-order chi connectivity index (χ0) is 15.7. The third kappa shape index (κ3) is 3.55. The van der Waals surface area contributed by atoms with Gasteiger partial charge in [0.05, 0.1) is 12.2 Å². The molecule has 1 heterocycles. The molecule has 0 aromatic heterocycles. The van der Waals surface area contributed by atoms with E-state index in [9.17, 15) is 4.79 Å². The summed E-state index contributed by atoms with van der Waals surface area (Å²) < 4.78 is 0. The maximum absolute atomic E-state index is 12.8. The lowest BCUT2D eigenvalue weighted by Gasteiger charge is -2.37. The van der Waals surface area contributed by atoms with E-state index in [1.165, 1.54) is 0 Å². The lowest BCUT2D eigenvalue weighted by molar-refractivity contribution is -0.133. The highest BCUT2D eigenvalue weighted by atomic mass is 16.2. The summed E-state index contributed by atoms with van der Waals surface area (Å²) in [7, 11) is 0. The van der Waals surface area contributed by atoms with Gasteiger partial charge in [-0.2, -0.15) is 0 Å². The van der Waals surface area contributed by atoms with Gasteiger partial charge in [-0.15, -0.1) is 0 Å². The Labute approximate surface area is 125 Å². The molecule has 1 saturated heterocycles. The number of hydrogen-bond donors (Lipinski definition) is 1. The molecule has 0 aromatic rings. The summed E-state index contributed by atoms with van der Waals surface area (Å²) in [5, 5.41) is 3.58. The molecule has 1 aliphatic rings. The average Bonchev–Trinajstić information content (AvgIpc) is 2.66. The van der Waals surface area contributed by atoms with Crippen LogP contribution in [0.15, 0.2) is 0 Å². The van der Waals surface area contributed by atoms with Crippen molar-refractivity contribution in [3.63, 3.8) is 0 Å². The number of amides is 1. The second-order valence-electron chi connectivity index (χ2n) is 7.83. The normalized spacial score (nSPS) is 25.9. The lowest BCUT2D eigenvalue weighted by Crippen LogP contribution is -2.46. The number of rotatable bonds is 6. The Morgan fingerprint density at radius 2 is 1.75 bits per heavy atom. The molecule has 1 aliphatic heterocycles. The zero-order valence-corrected chi connectivity index (χ0v) is 14.7. The fourth-order valence-corrected chi connectivity index (χ4v) is 2.65. The summed E-state index contributed by atoms with van der Waals surface area (Å²) in [6.45, 7) is 18.6. The number of hydrogen-bond acceptors (Lipinski definition) is 2. The molecule has 0 saturated carbocycles. The maximum atomic E-state index is 12.8. The van der Waals surface area contributed by atoms with Gasteiger partial charge in [0.25, 0.3) is 0 Å². The largest absolute Gasteiger partial charge is 0.325 e. The summed E-state index contributed by atoms with van der Waals surface area (Å²) in [6.07, 6.45) is 1.22. The molecule has 0 aromatic carbocycles. The third-order valence-corrected chi connectivity index (χ3v) is 5.22. The maximum Gasteiger partial charge on any atom is 0.241 e. The summed E-state index contributed by atoms with van der Waals surface area (Å²) in [4.78, 5) is 14.9. The van der Waals surface area contributed by atoms with Crippen molar-refractivity contribution in [2.75, 3.05) is 6.54 Å². The van der Waals surface area contributed by atoms with Crippen molar-refractivity contribution in [3.8, 4) is 0 Å². The Hall–Kier alpha value is -0.570. The highest BCUT2D eigenvalue weighted by molar-refractivity contribution is 5.84. The van der Waals surface area contributed by atoms with Gasteiger partial charge in [-0.3, -0.25) is 10.1 Å². The smallest absolute Gasteiger partial charge is 0.241 e. The van der Waals surface area contributed by atoms with E-state index >= 15 is 0 Å². The number of nitrogens with zero attached hydrogens (tertiary/aromatic N) is 1. The SMILES string of the molecule is CCC(C)C1NC(C(C)C)N(CC(C)(C)C(C)C)C1=O. The van der Waals surface area contributed by atoms with Crippen LogP contribution in [0.25, 0.3) is 0 Å². The Kier molecular flexibility index (Phi) is 5.65. The summed E-state index contributed by atoms with van der Waals surface area (Å²) in [5.74, 6) is 1.70. The molecule has 20 heavy (non-hydrogen) atoms. The van der Waals surface area contributed by atoms with Gasteiger partial charge in [-0.05, 0) is 23.2 Å². The molecule has 3 heteroatoms. The Morgan fingerprint density at radius 1 is 1.20 bits per heavy atom. The fraction of sp³-hybridized carbons (Fsp3) is 0.941. The van der Waals surface area contributed by atoms with Gasteiger partial charge in [0.2, 0.25) is 5.91 Å². The second kappa shape index (κ2) is 6.46. The number of carbonyl (C=O) groups is 1. The minimum absolute atomic E-state index is 0.00429. The molecule has 118 valence electrons. The van der Waals surface area contributed by atoms with Crippen molar-refractivity contribution in [3.05, 3.63) is 0 Å². The quantitative estimate of drug-likeness (QED) is 0.808. The molecule has 1 fully saturated rings. The predicted octanol–water partition coefficient (Wildman–Crippen LogP) is 3.50. The van der Waals surface area contributed by atoms with Crippen LogP contribution in [0, 0.1) is 23.2 Å². The molecule has 1 N–H and O–H groups in total. The van der Waals surface area contributed by atoms with Crippen LogP contribution < -0.4 is 5.32 Å². The molecular formula is C17H34N2O. The van der Waals surface area contributed by atoms with Crippen molar-refractivity contribution in [2.45, 2.75) is 74.0 Å². The summed E-state index contributed by atoms with van der Waals surface area (Å²) in [5.41, 5.74) is 0.148. The van der Waals surface area contributed by atoms with Crippen molar-refractivity contribution in [2.24, 2.45) is 23.2 Å². The molecule has 0 spiro atoms. The zero-order valence-electron chi connectivity index (χ0n) is 14.7. The van der Waals surface area contributed by atoms with E-state index < -0.39 is 0 Å². The Bertz CT molecular complexity index is 336. The van der Waals surface area contributed by atoms with Crippen molar-refractivity contribution < 1.29 is 4.79 Å². The summed E-state index contributed by atoms with van der Waals surface area (Å²) >= 11 is 0. The van der Waals surface area contributed by atoms with E-state index in [1.54, 1.807) is 0 Å². The van der Waals surface area contributed by atoms with Gasteiger partial charge in [0, 0.05) is 6.54 Å². The molecular weight excluding hydrogens is 248 g/mol. The van der Waals surface area contributed by atoms with E-state index in [1.807, 2.05) is 0 Å². The Balaban J connectivity index is 2.93. The topological polar surface area (TPSA) is 32.3 Å². The van der Waals surface area contributed by atoms with Crippen molar-refractivity contribution >= 4 is 5.91 Å². The fourth-order valence-electron chi connectivity index (χ4n) is 2.65. The minimum atomic E-state index is -0.00429. The first-order valence-electron chi connectivity index (χ1n) is 8.18. The summed E-state index contributed by atoms with van der Waals surface area (Å²) in [6, 6.07) is -0.00429. The van der Waals surface area contributed by atoms with Crippen molar-refractivity contribution in [1.29, 1.82) is 0 Å². The van der Waals surface area contributed by atoms with E-state index in [0.717, 1.165) is 13.0 Å². The third-order valence-electron chi connectivity index (χ3n) is 5.22. The van der Waals surface area contributed by atoms with Crippen molar-refractivity contribution in [1.82, 2.24) is 10.2 Å². The Morgan fingerprint density at radius 3 is 2.15 bits per heavy atom. The van der Waals surface area contributed by atoms with Gasteiger partial charge in [0.15, 0.2) is 0 Å². The molecule has 0 aliphatic carbocycles. The predicted molar refractivity (Wildman–Crippen MR) is 85.3 cm³/mol. The van der Waals surface area contributed by atoms with Crippen LogP contribution in [0.3, 0.4) is 0 Å². The molecule has 0 radical (unpaired) electrons. The van der Waals surface area contributed by atoms with Crippen LogP contribution in [0.1, 0.15) is 61.8 Å². The van der Waals surface area contributed by atoms with Gasteiger partial charge in [-0.1, -0.05) is 61.8 Å². The lowest BCUT2D eigenvalue weighted by atomic mass is 9.80. The number of nitrogens with one attached hydrogen (secondary N) is 1. The van der Waals surface area contributed by atoms with Crippen LogP contribution >= 0.6 is 0 Å². The molecule has 1 amide bonds. The first-order chi connectivity index (χ1) is 9.11. The van der Waals surface area contributed by atoms with Gasteiger partial charge >= 0.3 is 0 Å². The number of carbonyl (C=O) groups excluding carboxylic acids is 1. The molecule has 1 rings (SSSR count). The first-order valence-corrected chi connectivity index (χ1v) is 8.18. The second-order valence-corrected chi connectivity index (χ2v) is 7.83. The highest BCUT2D eigenvalue weighted by Gasteiger charge is 2.44. The van der Waals surface area contributed by atoms with E-state index in [4.69, 9.17) is 0 Å². The van der Waals surface area contributed by atoms with Gasteiger partial charge in [0.1, 0.15) is 0 Å². The highest BCUT2D eigenvalue weighted by Crippen LogP contribution is 2.32. The first kappa shape index (κ1) is 17.5. The van der Waals surface area contributed by atoms with Crippen LogP contribution in [-0.4, -0.2) is 29.6 Å². The van der Waals surface area contributed by atoms with Crippen LogP contribution in [0.5, 0.6) is 0 Å². The van der Waals surface area contributed by atoms with E-state index in [0.29, 0.717) is 23.7 Å². The average molecular weight is 282 g/mol. The van der Waals surface area contributed by atoms with Crippen LogP contribution in [-0.2, 0) is 4.79 Å². The monoisotopic (exact) mass is 282 g/mol. The standard InChI is InChI=1S/C17H34N2O/c1-9-13(6)14-16(20)19(15(18-14)11(2)3)10-17(7,8)12(4)5/h11-15,18H,9-10H2,1-8H3. The van der Waals surface area contributed by atoms with E-state index in [-0.39, 0.29) is 17.6 Å².